The number of amidine groups is 1. The lowest BCUT2D eigenvalue weighted by Crippen LogP contribution is -2.41. The number of nitrogens with zero attached hydrogens (tertiary/aromatic N) is 2. The standard InChI is InChI=1S/C20H22ClN2O2S/c1-2-25-18-10-8-17(9-11-18)22-14-20(24,15-4-6-16(21)7-5-15)23-12-3-13-26-19(22)23/h4-11,24H,2-3,12-14H2,1H3/q+1/t20-/m1/s1. The highest BCUT2D eigenvalue weighted by Gasteiger charge is 2.53. The van der Waals surface area contributed by atoms with Crippen LogP contribution in [0.25, 0.3) is 0 Å². The summed E-state index contributed by atoms with van der Waals surface area (Å²) in [6, 6.07) is 15.6. The lowest BCUT2D eigenvalue weighted by molar-refractivity contribution is -0.656. The zero-order chi connectivity index (χ0) is 18.1. The summed E-state index contributed by atoms with van der Waals surface area (Å²) in [5, 5.41) is 13.4. The van der Waals surface area contributed by atoms with Gasteiger partial charge in [-0.2, -0.15) is 0 Å². The first-order valence-corrected chi connectivity index (χ1v) is 10.2. The van der Waals surface area contributed by atoms with Crippen molar-refractivity contribution in [1.82, 2.24) is 0 Å². The summed E-state index contributed by atoms with van der Waals surface area (Å²) >= 11 is 7.84. The molecular weight excluding hydrogens is 368 g/mol. The maximum absolute atomic E-state index is 11.6. The Morgan fingerprint density at radius 2 is 1.92 bits per heavy atom. The summed E-state index contributed by atoms with van der Waals surface area (Å²) < 4.78 is 7.67. The van der Waals surface area contributed by atoms with E-state index in [1.807, 2.05) is 43.3 Å². The molecule has 6 heteroatoms. The summed E-state index contributed by atoms with van der Waals surface area (Å²) in [5.41, 5.74) is 0.884. The Hall–Kier alpha value is -1.69. The first-order valence-electron chi connectivity index (χ1n) is 8.88. The second-order valence-corrected chi connectivity index (χ2v) is 7.97. The van der Waals surface area contributed by atoms with E-state index >= 15 is 0 Å². The maximum Gasteiger partial charge on any atom is 0.316 e. The van der Waals surface area contributed by atoms with E-state index in [-0.39, 0.29) is 0 Å². The van der Waals surface area contributed by atoms with E-state index in [2.05, 4.69) is 21.6 Å². The van der Waals surface area contributed by atoms with E-state index in [1.165, 1.54) is 0 Å². The summed E-state index contributed by atoms with van der Waals surface area (Å²) in [6.07, 6.45) is 1.06. The molecule has 2 aliphatic heterocycles. The van der Waals surface area contributed by atoms with Gasteiger partial charge in [0.25, 0.3) is 5.72 Å². The van der Waals surface area contributed by atoms with Gasteiger partial charge in [0.15, 0.2) is 6.54 Å². The van der Waals surface area contributed by atoms with E-state index in [4.69, 9.17) is 16.3 Å². The average molecular weight is 390 g/mol. The minimum Gasteiger partial charge on any atom is -0.494 e. The molecule has 0 saturated carbocycles. The van der Waals surface area contributed by atoms with Gasteiger partial charge in [-0.3, -0.25) is 0 Å². The van der Waals surface area contributed by atoms with Crippen LogP contribution < -0.4 is 9.64 Å². The summed E-state index contributed by atoms with van der Waals surface area (Å²) in [4.78, 5) is 2.20. The third-order valence-corrected chi connectivity index (χ3v) is 6.25. The molecule has 2 aliphatic rings. The molecule has 0 amide bonds. The Morgan fingerprint density at radius 3 is 2.62 bits per heavy atom. The van der Waals surface area contributed by atoms with Crippen LogP contribution in [0.15, 0.2) is 48.5 Å². The highest BCUT2D eigenvalue weighted by Crippen LogP contribution is 2.38. The molecule has 0 aliphatic carbocycles. The van der Waals surface area contributed by atoms with E-state index < -0.39 is 5.72 Å². The average Bonchev–Trinajstić information content (AvgIpc) is 2.98. The highest BCUT2D eigenvalue weighted by atomic mass is 35.5. The fourth-order valence-electron chi connectivity index (χ4n) is 3.55. The van der Waals surface area contributed by atoms with E-state index in [0.717, 1.165) is 40.9 Å². The van der Waals surface area contributed by atoms with Crippen molar-refractivity contribution in [2.75, 3.05) is 30.3 Å². The van der Waals surface area contributed by atoms with Gasteiger partial charge in [-0.05, 0) is 61.5 Å². The van der Waals surface area contributed by atoms with Gasteiger partial charge in [0.2, 0.25) is 0 Å². The van der Waals surface area contributed by atoms with Crippen molar-refractivity contribution in [2.45, 2.75) is 19.1 Å². The Morgan fingerprint density at radius 1 is 1.19 bits per heavy atom. The largest absolute Gasteiger partial charge is 0.494 e. The number of hydrogen-bond acceptors (Lipinski definition) is 4. The minimum atomic E-state index is -1.05. The van der Waals surface area contributed by atoms with Crippen molar-refractivity contribution in [2.24, 2.45) is 0 Å². The zero-order valence-corrected chi connectivity index (χ0v) is 16.3. The van der Waals surface area contributed by atoms with Crippen molar-refractivity contribution in [3.05, 3.63) is 59.1 Å². The molecule has 0 bridgehead atoms. The smallest absolute Gasteiger partial charge is 0.316 e. The van der Waals surface area contributed by atoms with Crippen molar-refractivity contribution in [3.8, 4) is 5.75 Å². The second-order valence-electron chi connectivity index (χ2n) is 6.47. The third-order valence-electron chi connectivity index (χ3n) is 4.81. The minimum absolute atomic E-state index is 0.491. The maximum atomic E-state index is 11.6. The normalized spacial score (nSPS) is 22.5. The first kappa shape index (κ1) is 17.7. The van der Waals surface area contributed by atoms with Crippen LogP contribution in [0.4, 0.5) is 5.69 Å². The molecule has 0 fully saturated rings. The van der Waals surface area contributed by atoms with Gasteiger partial charge in [0.05, 0.1) is 13.2 Å². The zero-order valence-electron chi connectivity index (χ0n) is 14.7. The van der Waals surface area contributed by atoms with Crippen LogP contribution in [0, 0.1) is 0 Å². The number of benzene rings is 2. The molecular formula is C20H22ClN2O2S+. The summed E-state index contributed by atoms with van der Waals surface area (Å²) in [6.45, 7) is 3.97. The molecule has 4 nitrogen and oxygen atoms in total. The molecule has 4 rings (SSSR count). The van der Waals surface area contributed by atoms with Crippen molar-refractivity contribution in [1.29, 1.82) is 0 Å². The molecule has 0 radical (unpaired) electrons. The Balaban J connectivity index is 1.71. The summed E-state index contributed by atoms with van der Waals surface area (Å²) in [5.74, 6) is 1.93. The van der Waals surface area contributed by atoms with Crippen molar-refractivity contribution >= 4 is 34.2 Å². The number of thioether (sulfide) groups is 1. The molecule has 0 aromatic heterocycles. The number of ether oxygens (including phenoxy) is 1. The third kappa shape index (κ3) is 3.08. The molecule has 2 aromatic rings. The molecule has 0 saturated heterocycles. The topological polar surface area (TPSA) is 35.7 Å². The molecule has 0 unspecified atom stereocenters. The fourth-order valence-corrected chi connectivity index (χ4v) is 4.86. The lowest BCUT2D eigenvalue weighted by atomic mass is 10.0. The quantitative estimate of drug-likeness (QED) is 0.804. The van der Waals surface area contributed by atoms with Crippen LogP contribution in [-0.2, 0) is 5.72 Å². The molecule has 136 valence electrons. The van der Waals surface area contributed by atoms with Crippen LogP contribution >= 0.6 is 23.4 Å². The molecule has 0 spiro atoms. The number of halogens is 1. The van der Waals surface area contributed by atoms with Gasteiger partial charge in [-0.25, -0.2) is 9.48 Å². The molecule has 1 N–H and O–H groups in total. The molecule has 2 heterocycles. The van der Waals surface area contributed by atoms with Crippen LogP contribution in [-0.4, -0.2) is 40.3 Å². The van der Waals surface area contributed by atoms with Crippen molar-refractivity contribution in [3.63, 3.8) is 0 Å². The Bertz CT molecular complexity index is 823. The second kappa shape index (κ2) is 7.14. The van der Waals surface area contributed by atoms with E-state index in [1.54, 1.807) is 11.8 Å². The fraction of sp³-hybridized carbons (Fsp3) is 0.350. The van der Waals surface area contributed by atoms with E-state index in [9.17, 15) is 5.11 Å². The highest BCUT2D eigenvalue weighted by molar-refractivity contribution is 8.13. The molecule has 1 atom stereocenters. The van der Waals surface area contributed by atoms with Gasteiger partial charge in [0.1, 0.15) is 11.4 Å². The number of aliphatic hydroxyl groups is 1. The summed E-state index contributed by atoms with van der Waals surface area (Å²) in [7, 11) is 0. The van der Waals surface area contributed by atoms with Crippen LogP contribution in [0.5, 0.6) is 5.75 Å². The SMILES string of the molecule is CCOc1ccc(N2C[C@@](O)(c3ccc(Cl)cc3)[N+]3=C2SCCC3)cc1. The first-order chi connectivity index (χ1) is 12.6. The van der Waals surface area contributed by atoms with Gasteiger partial charge in [-0.1, -0.05) is 23.7 Å². The Labute approximate surface area is 163 Å². The van der Waals surface area contributed by atoms with Gasteiger partial charge >= 0.3 is 5.17 Å². The van der Waals surface area contributed by atoms with Crippen LogP contribution in [0.2, 0.25) is 5.02 Å². The number of rotatable bonds is 4. The number of hydrogen-bond donors (Lipinski definition) is 1. The number of β-amino-alcohol motifs (C(OH)–C–C–N with tert-alkyl or cyclic N) is 1. The monoisotopic (exact) mass is 389 g/mol. The van der Waals surface area contributed by atoms with Gasteiger partial charge in [-0.15, -0.1) is 0 Å². The van der Waals surface area contributed by atoms with Crippen LogP contribution in [0.3, 0.4) is 0 Å². The van der Waals surface area contributed by atoms with Gasteiger partial charge < -0.3 is 9.84 Å². The number of anilines is 1. The van der Waals surface area contributed by atoms with Gasteiger partial charge in [0, 0.05) is 16.3 Å². The predicted molar refractivity (Wildman–Crippen MR) is 108 cm³/mol. The van der Waals surface area contributed by atoms with Crippen LogP contribution in [0.1, 0.15) is 18.9 Å². The van der Waals surface area contributed by atoms with E-state index in [0.29, 0.717) is 18.2 Å². The molecule has 2 aromatic carbocycles. The lowest BCUT2D eigenvalue weighted by Gasteiger charge is -2.24. The predicted octanol–water partition coefficient (Wildman–Crippen LogP) is 3.91. The molecule has 26 heavy (non-hydrogen) atoms. The van der Waals surface area contributed by atoms with Crippen molar-refractivity contribution < 1.29 is 14.4 Å². The Kier molecular flexibility index (Phi) is 4.86.